The largest absolute Gasteiger partial charge is 0.398 e. The van der Waals surface area contributed by atoms with Gasteiger partial charge in [0.15, 0.2) is 0 Å². The SMILES string of the molecule is CCCSc1ccccc1N.[Ti]. The van der Waals surface area contributed by atoms with Gasteiger partial charge in [-0.05, 0) is 24.3 Å². The zero-order chi connectivity index (χ0) is 8.10. The molecule has 0 aliphatic carbocycles. The summed E-state index contributed by atoms with van der Waals surface area (Å²) in [4.78, 5) is 1.20. The molecule has 0 aromatic heterocycles. The summed E-state index contributed by atoms with van der Waals surface area (Å²) in [6, 6.07) is 7.99. The third kappa shape index (κ3) is 3.66. The minimum atomic E-state index is 0. The normalized spacial score (nSPS) is 9.08. The van der Waals surface area contributed by atoms with Crippen molar-refractivity contribution in [1.29, 1.82) is 0 Å². The molecule has 0 amide bonds. The van der Waals surface area contributed by atoms with E-state index < -0.39 is 0 Å². The van der Waals surface area contributed by atoms with Crippen LogP contribution in [0, 0.1) is 0 Å². The number of benzene rings is 1. The number of anilines is 1. The summed E-state index contributed by atoms with van der Waals surface area (Å²) in [6.45, 7) is 2.17. The first-order valence-electron chi connectivity index (χ1n) is 3.82. The standard InChI is InChI=1S/C9H13NS.Ti/c1-2-7-11-9-6-4-3-5-8(9)10;/h3-6H,2,7,10H2,1H3;. The van der Waals surface area contributed by atoms with Crippen LogP contribution >= 0.6 is 11.8 Å². The van der Waals surface area contributed by atoms with Crippen LogP contribution in [0.3, 0.4) is 0 Å². The number of rotatable bonds is 3. The summed E-state index contributed by atoms with van der Waals surface area (Å²) < 4.78 is 0. The van der Waals surface area contributed by atoms with Crippen LogP contribution in [0.15, 0.2) is 29.2 Å². The molecule has 12 heavy (non-hydrogen) atoms. The van der Waals surface area contributed by atoms with Crippen LogP contribution in [0.4, 0.5) is 5.69 Å². The topological polar surface area (TPSA) is 26.0 Å². The van der Waals surface area contributed by atoms with Gasteiger partial charge in [-0.3, -0.25) is 0 Å². The summed E-state index contributed by atoms with van der Waals surface area (Å²) in [6.07, 6.45) is 1.19. The van der Waals surface area contributed by atoms with E-state index in [0.29, 0.717) is 0 Å². The zero-order valence-corrected chi connectivity index (χ0v) is 9.59. The third-order valence-corrected chi connectivity index (χ3v) is 2.68. The molecule has 0 spiro atoms. The van der Waals surface area contributed by atoms with Gasteiger partial charge in [0.2, 0.25) is 0 Å². The van der Waals surface area contributed by atoms with E-state index in [1.807, 2.05) is 30.0 Å². The van der Waals surface area contributed by atoms with Crippen LogP contribution in [0.5, 0.6) is 0 Å². The first-order chi connectivity index (χ1) is 5.34. The summed E-state index contributed by atoms with van der Waals surface area (Å²) in [7, 11) is 0. The monoisotopic (exact) mass is 215 g/mol. The van der Waals surface area contributed by atoms with Crippen molar-refractivity contribution in [2.45, 2.75) is 18.2 Å². The predicted molar refractivity (Wildman–Crippen MR) is 51.9 cm³/mol. The quantitative estimate of drug-likeness (QED) is 0.476. The van der Waals surface area contributed by atoms with E-state index in [0.717, 1.165) is 11.4 Å². The van der Waals surface area contributed by atoms with E-state index in [-0.39, 0.29) is 21.7 Å². The number of nitrogens with two attached hydrogens (primary N) is 1. The van der Waals surface area contributed by atoms with Gasteiger partial charge in [-0.2, -0.15) is 0 Å². The molecule has 1 nitrogen and oxygen atoms in total. The second-order valence-electron chi connectivity index (χ2n) is 2.39. The van der Waals surface area contributed by atoms with Gasteiger partial charge >= 0.3 is 0 Å². The van der Waals surface area contributed by atoms with Crippen molar-refractivity contribution in [3.63, 3.8) is 0 Å². The Kier molecular flexibility index (Phi) is 6.63. The Morgan fingerprint density at radius 1 is 1.33 bits per heavy atom. The molecule has 0 saturated heterocycles. The van der Waals surface area contributed by atoms with E-state index >= 15 is 0 Å². The van der Waals surface area contributed by atoms with Gasteiger partial charge in [0.1, 0.15) is 0 Å². The number of hydrogen-bond acceptors (Lipinski definition) is 2. The van der Waals surface area contributed by atoms with Crippen molar-refractivity contribution in [3.8, 4) is 0 Å². The maximum Gasteiger partial charge on any atom is 0.0452 e. The zero-order valence-electron chi connectivity index (χ0n) is 7.21. The summed E-state index contributed by atoms with van der Waals surface area (Å²) >= 11 is 1.82. The molecule has 0 fully saturated rings. The second kappa shape index (κ2) is 6.58. The Balaban J connectivity index is 0.00000121. The number of hydrogen-bond donors (Lipinski definition) is 1. The fourth-order valence-electron chi connectivity index (χ4n) is 0.824. The molecule has 1 aromatic carbocycles. The average Bonchev–Trinajstić information content (AvgIpc) is 2.03. The van der Waals surface area contributed by atoms with Crippen LogP contribution in [0.1, 0.15) is 13.3 Å². The molecule has 0 saturated carbocycles. The first kappa shape index (κ1) is 12.1. The number of thioether (sulfide) groups is 1. The molecule has 0 aliphatic rings. The van der Waals surface area contributed by atoms with E-state index in [1.54, 1.807) is 0 Å². The molecule has 0 atom stereocenters. The van der Waals surface area contributed by atoms with Crippen LogP contribution in [-0.4, -0.2) is 5.75 Å². The van der Waals surface area contributed by atoms with Crippen LogP contribution < -0.4 is 5.73 Å². The summed E-state index contributed by atoms with van der Waals surface area (Å²) in [5.74, 6) is 1.15. The van der Waals surface area contributed by atoms with Crippen molar-refractivity contribution >= 4 is 17.4 Å². The van der Waals surface area contributed by atoms with Crippen LogP contribution in [0.25, 0.3) is 0 Å². The average molecular weight is 215 g/mol. The Labute approximate surface area is 93.0 Å². The molecular formula is C9H13NSTi. The van der Waals surface area contributed by atoms with E-state index in [1.165, 1.54) is 11.3 Å². The van der Waals surface area contributed by atoms with Crippen molar-refractivity contribution in [2.75, 3.05) is 11.5 Å². The van der Waals surface area contributed by atoms with Gasteiger partial charge in [-0.15, -0.1) is 11.8 Å². The van der Waals surface area contributed by atoms with Crippen molar-refractivity contribution in [2.24, 2.45) is 0 Å². The van der Waals surface area contributed by atoms with Gasteiger partial charge < -0.3 is 5.73 Å². The molecule has 3 heteroatoms. The Hall–Kier alpha value is 0.0843. The van der Waals surface area contributed by atoms with Crippen LogP contribution in [0.2, 0.25) is 0 Å². The van der Waals surface area contributed by atoms with Gasteiger partial charge in [0, 0.05) is 32.3 Å². The molecule has 0 unspecified atom stereocenters. The minimum absolute atomic E-state index is 0. The fraction of sp³-hybridized carbons (Fsp3) is 0.333. The Morgan fingerprint density at radius 3 is 2.58 bits per heavy atom. The van der Waals surface area contributed by atoms with Gasteiger partial charge in [-0.1, -0.05) is 19.1 Å². The van der Waals surface area contributed by atoms with Crippen LogP contribution in [-0.2, 0) is 21.7 Å². The molecule has 0 radical (unpaired) electrons. The van der Waals surface area contributed by atoms with Gasteiger partial charge in [0.25, 0.3) is 0 Å². The van der Waals surface area contributed by atoms with Crippen molar-refractivity contribution in [3.05, 3.63) is 24.3 Å². The molecule has 64 valence electrons. The Morgan fingerprint density at radius 2 is 2.00 bits per heavy atom. The second-order valence-corrected chi connectivity index (χ2v) is 3.52. The molecular weight excluding hydrogens is 202 g/mol. The molecule has 1 rings (SSSR count). The fourth-order valence-corrected chi connectivity index (χ4v) is 1.66. The van der Waals surface area contributed by atoms with Crippen molar-refractivity contribution in [1.82, 2.24) is 0 Å². The molecule has 2 N–H and O–H groups in total. The number of para-hydroxylation sites is 1. The maximum atomic E-state index is 5.74. The Bertz CT molecular complexity index is 228. The molecule has 0 bridgehead atoms. The van der Waals surface area contributed by atoms with E-state index in [9.17, 15) is 0 Å². The maximum absolute atomic E-state index is 5.74. The first-order valence-corrected chi connectivity index (χ1v) is 4.80. The number of nitrogen functional groups attached to an aromatic ring is 1. The predicted octanol–water partition coefficient (Wildman–Crippen LogP) is 2.77. The van der Waals surface area contributed by atoms with Crippen molar-refractivity contribution < 1.29 is 21.7 Å². The smallest absolute Gasteiger partial charge is 0.0452 e. The molecule has 0 aliphatic heterocycles. The molecule has 1 aromatic rings. The summed E-state index contributed by atoms with van der Waals surface area (Å²) in [5, 5.41) is 0. The third-order valence-electron chi connectivity index (χ3n) is 1.38. The van der Waals surface area contributed by atoms with Gasteiger partial charge in [0.05, 0.1) is 0 Å². The van der Waals surface area contributed by atoms with E-state index in [4.69, 9.17) is 5.73 Å². The summed E-state index contributed by atoms with van der Waals surface area (Å²) in [5.41, 5.74) is 6.63. The molecule has 0 heterocycles. The van der Waals surface area contributed by atoms with E-state index in [2.05, 4.69) is 13.0 Å². The minimum Gasteiger partial charge on any atom is -0.398 e. The van der Waals surface area contributed by atoms with Gasteiger partial charge in [-0.25, -0.2) is 0 Å².